The van der Waals surface area contributed by atoms with Gasteiger partial charge in [0.1, 0.15) is 5.78 Å². The Labute approximate surface area is 136 Å². The predicted molar refractivity (Wildman–Crippen MR) is 92.1 cm³/mol. The van der Waals surface area contributed by atoms with Crippen molar-refractivity contribution >= 4 is 11.8 Å². The zero-order chi connectivity index (χ0) is 16.6. The SMILES string of the molecule is CCCCCCCC[C@H](C)CC(=O)CCCCCCC(=O)O. The van der Waals surface area contributed by atoms with Gasteiger partial charge in [-0.05, 0) is 18.8 Å². The van der Waals surface area contributed by atoms with Gasteiger partial charge in [0.25, 0.3) is 0 Å². The number of aliphatic carboxylic acids is 1. The molecule has 0 aliphatic heterocycles. The fraction of sp³-hybridized carbons (Fsp3) is 0.895. The number of hydrogen-bond donors (Lipinski definition) is 1. The average Bonchev–Trinajstić information content (AvgIpc) is 2.46. The first-order valence-corrected chi connectivity index (χ1v) is 9.29. The van der Waals surface area contributed by atoms with Crippen LogP contribution in [0, 0.1) is 5.92 Å². The molecule has 3 heteroatoms. The van der Waals surface area contributed by atoms with E-state index in [0.29, 0.717) is 18.1 Å². The number of unbranched alkanes of at least 4 members (excludes halogenated alkanes) is 8. The third-order valence-corrected chi connectivity index (χ3v) is 4.22. The number of Topliss-reactive ketones (excluding diaryl/α,β-unsaturated/α-hetero) is 1. The van der Waals surface area contributed by atoms with Crippen molar-refractivity contribution < 1.29 is 14.7 Å². The van der Waals surface area contributed by atoms with E-state index in [-0.39, 0.29) is 6.42 Å². The van der Waals surface area contributed by atoms with Gasteiger partial charge in [-0.2, -0.15) is 0 Å². The summed E-state index contributed by atoms with van der Waals surface area (Å²) in [7, 11) is 0. The molecular weight excluding hydrogens is 276 g/mol. The van der Waals surface area contributed by atoms with Crippen molar-refractivity contribution in [3.63, 3.8) is 0 Å². The maximum atomic E-state index is 11.9. The highest BCUT2D eigenvalue weighted by Crippen LogP contribution is 2.17. The number of carbonyl (C=O) groups is 2. The highest BCUT2D eigenvalue weighted by Gasteiger charge is 2.09. The van der Waals surface area contributed by atoms with Crippen molar-refractivity contribution in [1.82, 2.24) is 0 Å². The van der Waals surface area contributed by atoms with Gasteiger partial charge in [0.05, 0.1) is 0 Å². The molecule has 0 bridgehead atoms. The number of carbonyl (C=O) groups excluding carboxylic acids is 1. The lowest BCUT2D eigenvalue weighted by atomic mass is 9.95. The molecule has 3 nitrogen and oxygen atoms in total. The van der Waals surface area contributed by atoms with Crippen LogP contribution in [0.5, 0.6) is 0 Å². The molecule has 0 aromatic heterocycles. The molecule has 0 aliphatic rings. The number of hydrogen-bond acceptors (Lipinski definition) is 2. The molecule has 0 radical (unpaired) electrons. The topological polar surface area (TPSA) is 54.4 Å². The highest BCUT2D eigenvalue weighted by atomic mass is 16.4. The molecule has 0 heterocycles. The van der Waals surface area contributed by atoms with E-state index in [2.05, 4.69) is 13.8 Å². The summed E-state index contributed by atoms with van der Waals surface area (Å²) >= 11 is 0. The molecule has 0 saturated heterocycles. The van der Waals surface area contributed by atoms with Gasteiger partial charge < -0.3 is 5.11 Å². The minimum absolute atomic E-state index is 0.253. The second-order valence-corrected chi connectivity index (χ2v) is 6.71. The van der Waals surface area contributed by atoms with Crippen molar-refractivity contribution in [2.24, 2.45) is 5.92 Å². The Bertz CT molecular complexity index is 286. The molecule has 0 aromatic carbocycles. The third kappa shape index (κ3) is 15.5. The van der Waals surface area contributed by atoms with Crippen molar-refractivity contribution in [2.45, 2.75) is 104 Å². The highest BCUT2D eigenvalue weighted by molar-refractivity contribution is 5.78. The van der Waals surface area contributed by atoms with Crippen molar-refractivity contribution in [3.05, 3.63) is 0 Å². The summed E-state index contributed by atoms with van der Waals surface area (Å²) in [6.45, 7) is 4.43. The van der Waals surface area contributed by atoms with Gasteiger partial charge in [-0.25, -0.2) is 0 Å². The molecule has 0 spiro atoms. The van der Waals surface area contributed by atoms with Crippen LogP contribution in [0.25, 0.3) is 0 Å². The van der Waals surface area contributed by atoms with Gasteiger partial charge in [-0.15, -0.1) is 0 Å². The number of carboxylic acids is 1. The Hall–Kier alpha value is -0.860. The first-order chi connectivity index (χ1) is 10.6. The van der Waals surface area contributed by atoms with Gasteiger partial charge >= 0.3 is 5.97 Å². The summed E-state index contributed by atoms with van der Waals surface area (Å²) < 4.78 is 0. The van der Waals surface area contributed by atoms with Crippen LogP contribution >= 0.6 is 0 Å². The fourth-order valence-electron chi connectivity index (χ4n) is 2.82. The average molecular weight is 312 g/mol. The molecule has 130 valence electrons. The van der Waals surface area contributed by atoms with E-state index >= 15 is 0 Å². The Kier molecular flexibility index (Phi) is 14.5. The molecular formula is C19H36O3. The van der Waals surface area contributed by atoms with Crippen LogP contribution in [0.2, 0.25) is 0 Å². The van der Waals surface area contributed by atoms with Crippen LogP contribution < -0.4 is 0 Å². The lowest BCUT2D eigenvalue weighted by Crippen LogP contribution is -2.05. The first-order valence-electron chi connectivity index (χ1n) is 9.29. The smallest absolute Gasteiger partial charge is 0.303 e. The van der Waals surface area contributed by atoms with Crippen molar-refractivity contribution in [3.8, 4) is 0 Å². The summed E-state index contributed by atoms with van der Waals surface area (Å²) in [6.07, 6.45) is 14.3. The second-order valence-electron chi connectivity index (χ2n) is 6.71. The van der Waals surface area contributed by atoms with Gasteiger partial charge in [-0.3, -0.25) is 9.59 Å². The monoisotopic (exact) mass is 312 g/mol. The minimum atomic E-state index is -0.723. The van der Waals surface area contributed by atoms with E-state index in [1.54, 1.807) is 0 Å². The Morgan fingerprint density at radius 2 is 1.36 bits per heavy atom. The molecule has 0 fully saturated rings. The molecule has 0 amide bonds. The maximum absolute atomic E-state index is 11.9. The standard InChI is InChI=1S/C19H36O3/c1-3-4-5-6-7-10-13-17(2)16-18(20)14-11-8-9-12-15-19(21)22/h17H,3-16H2,1-2H3,(H,21,22)/t17-/m0/s1. The molecule has 0 unspecified atom stereocenters. The normalized spacial score (nSPS) is 12.3. The van der Waals surface area contributed by atoms with Crippen molar-refractivity contribution in [2.75, 3.05) is 0 Å². The van der Waals surface area contributed by atoms with E-state index < -0.39 is 5.97 Å². The summed E-state index contributed by atoms with van der Waals surface area (Å²) in [5.74, 6) is 0.182. The van der Waals surface area contributed by atoms with E-state index in [4.69, 9.17) is 5.11 Å². The largest absolute Gasteiger partial charge is 0.481 e. The third-order valence-electron chi connectivity index (χ3n) is 4.22. The molecule has 0 rings (SSSR count). The Balaban J connectivity index is 3.40. The van der Waals surface area contributed by atoms with Crippen LogP contribution in [0.1, 0.15) is 104 Å². The number of rotatable bonds is 16. The molecule has 0 aromatic rings. The maximum Gasteiger partial charge on any atom is 0.303 e. The van der Waals surface area contributed by atoms with E-state index in [9.17, 15) is 9.59 Å². The molecule has 1 atom stereocenters. The zero-order valence-electron chi connectivity index (χ0n) is 14.7. The van der Waals surface area contributed by atoms with Gasteiger partial charge in [0.2, 0.25) is 0 Å². The van der Waals surface area contributed by atoms with Gasteiger partial charge in [0, 0.05) is 19.3 Å². The second kappa shape index (κ2) is 15.1. The van der Waals surface area contributed by atoms with Crippen molar-refractivity contribution in [1.29, 1.82) is 0 Å². The Morgan fingerprint density at radius 3 is 2.00 bits per heavy atom. The fourth-order valence-corrected chi connectivity index (χ4v) is 2.82. The van der Waals surface area contributed by atoms with E-state index in [1.165, 1.54) is 44.9 Å². The number of ketones is 1. The summed E-state index contributed by atoms with van der Waals surface area (Å²) in [5.41, 5.74) is 0. The first kappa shape index (κ1) is 21.1. The molecule has 1 N–H and O–H groups in total. The van der Waals surface area contributed by atoms with E-state index in [0.717, 1.165) is 32.1 Å². The lowest BCUT2D eigenvalue weighted by Gasteiger charge is -2.10. The molecule has 0 saturated carbocycles. The predicted octanol–water partition coefficient (Wildman–Crippen LogP) is 5.76. The van der Waals surface area contributed by atoms with Gasteiger partial charge in [-0.1, -0.05) is 71.6 Å². The quantitative estimate of drug-likeness (QED) is 0.369. The van der Waals surface area contributed by atoms with Crippen LogP contribution in [-0.2, 0) is 9.59 Å². The summed E-state index contributed by atoms with van der Waals surface area (Å²) in [4.78, 5) is 22.2. The minimum Gasteiger partial charge on any atom is -0.481 e. The van der Waals surface area contributed by atoms with Crippen LogP contribution in [0.4, 0.5) is 0 Å². The van der Waals surface area contributed by atoms with Crippen LogP contribution in [0.15, 0.2) is 0 Å². The molecule has 0 aliphatic carbocycles. The number of carboxylic acid groups (broad SMARTS) is 1. The Morgan fingerprint density at radius 1 is 0.818 bits per heavy atom. The lowest BCUT2D eigenvalue weighted by molar-refractivity contribution is -0.137. The van der Waals surface area contributed by atoms with Crippen LogP contribution in [0.3, 0.4) is 0 Å². The summed E-state index contributed by atoms with van der Waals surface area (Å²) in [5, 5.41) is 8.53. The van der Waals surface area contributed by atoms with E-state index in [1.807, 2.05) is 0 Å². The molecule has 22 heavy (non-hydrogen) atoms. The van der Waals surface area contributed by atoms with Crippen LogP contribution in [-0.4, -0.2) is 16.9 Å². The summed E-state index contributed by atoms with van der Waals surface area (Å²) in [6, 6.07) is 0. The van der Waals surface area contributed by atoms with Gasteiger partial charge in [0.15, 0.2) is 0 Å². The zero-order valence-corrected chi connectivity index (χ0v) is 14.7.